The van der Waals surface area contributed by atoms with E-state index in [1.807, 2.05) is 0 Å². The maximum absolute atomic E-state index is 11.8. The molecule has 20 heavy (non-hydrogen) atoms. The number of nitrogens with one attached hydrogen (secondary N) is 1. The molecule has 2 N–H and O–H groups in total. The molecular formula is C14H13N3O3. The lowest BCUT2D eigenvalue weighted by molar-refractivity contribution is -0.131. The number of carbonyl (C=O) groups is 2. The SMILES string of the molecule is Cn1cnc(C(=O)Nc2ccc(/C=C/C(=O)O)cc2)c1. The number of carboxylic acids is 1. The zero-order chi connectivity index (χ0) is 14.5. The second-order valence-electron chi connectivity index (χ2n) is 4.17. The highest BCUT2D eigenvalue weighted by molar-refractivity contribution is 6.02. The Kier molecular flexibility index (Phi) is 3.95. The topological polar surface area (TPSA) is 84.2 Å². The summed E-state index contributed by atoms with van der Waals surface area (Å²) in [6, 6.07) is 6.83. The minimum Gasteiger partial charge on any atom is -0.478 e. The van der Waals surface area contributed by atoms with Gasteiger partial charge in [0.25, 0.3) is 5.91 Å². The third-order valence-electron chi connectivity index (χ3n) is 2.52. The van der Waals surface area contributed by atoms with Gasteiger partial charge in [-0.2, -0.15) is 0 Å². The van der Waals surface area contributed by atoms with Crippen LogP contribution < -0.4 is 5.32 Å². The van der Waals surface area contributed by atoms with E-state index >= 15 is 0 Å². The molecule has 2 aromatic rings. The van der Waals surface area contributed by atoms with Crippen LogP contribution in [0.4, 0.5) is 5.69 Å². The molecule has 1 aromatic heterocycles. The van der Waals surface area contributed by atoms with Crippen molar-refractivity contribution in [2.24, 2.45) is 7.05 Å². The molecule has 0 saturated heterocycles. The van der Waals surface area contributed by atoms with Crippen LogP contribution >= 0.6 is 0 Å². The molecule has 2 rings (SSSR count). The lowest BCUT2D eigenvalue weighted by Gasteiger charge is -2.03. The van der Waals surface area contributed by atoms with Crippen LogP contribution in [0.1, 0.15) is 16.1 Å². The van der Waals surface area contributed by atoms with E-state index in [1.165, 1.54) is 6.08 Å². The monoisotopic (exact) mass is 271 g/mol. The summed E-state index contributed by atoms with van der Waals surface area (Å²) < 4.78 is 1.69. The van der Waals surface area contributed by atoms with Crippen molar-refractivity contribution in [1.29, 1.82) is 0 Å². The maximum Gasteiger partial charge on any atom is 0.328 e. The molecule has 0 saturated carbocycles. The second-order valence-corrected chi connectivity index (χ2v) is 4.17. The van der Waals surface area contributed by atoms with E-state index in [1.54, 1.807) is 48.4 Å². The summed E-state index contributed by atoms with van der Waals surface area (Å²) in [5, 5.41) is 11.2. The molecule has 0 spiro atoms. The normalized spacial score (nSPS) is 10.7. The number of benzene rings is 1. The molecule has 1 amide bonds. The summed E-state index contributed by atoms with van der Waals surface area (Å²) >= 11 is 0. The average molecular weight is 271 g/mol. The third kappa shape index (κ3) is 3.55. The van der Waals surface area contributed by atoms with Crippen molar-refractivity contribution in [3.63, 3.8) is 0 Å². The van der Waals surface area contributed by atoms with Crippen molar-refractivity contribution in [2.45, 2.75) is 0 Å². The standard InChI is InChI=1S/C14H13N3O3/c1-17-8-12(15-9-17)14(20)16-11-5-2-10(3-6-11)4-7-13(18)19/h2-9H,1H3,(H,16,20)(H,18,19)/b7-4+. The first-order valence-corrected chi connectivity index (χ1v) is 5.85. The Labute approximate surface area is 115 Å². The molecule has 0 atom stereocenters. The quantitative estimate of drug-likeness (QED) is 0.830. The van der Waals surface area contributed by atoms with Crippen LogP contribution in [0, 0.1) is 0 Å². The highest BCUT2D eigenvalue weighted by atomic mass is 16.4. The lowest BCUT2D eigenvalue weighted by Crippen LogP contribution is -2.12. The van der Waals surface area contributed by atoms with Crippen molar-refractivity contribution in [1.82, 2.24) is 9.55 Å². The van der Waals surface area contributed by atoms with Crippen molar-refractivity contribution >= 4 is 23.6 Å². The summed E-state index contributed by atoms with van der Waals surface area (Å²) in [5.74, 6) is -1.29. The number of hydrogen-bond acceptors (Lipinski definition) is 3. The predicted molar refractivity (Wildman–Crippen MR) is 74.3 cm³/mol. The highest BCUT2D eigenvalue weighted by Crippen LogP contribution is 2.12. The first-order chi connectivity index (χ1) is 9.54. The van der Waals surface area contributed by atoms with Crippen molar-refractivity contribution in [3.8, 4) is 0 Å². The fraction of sp³-hybridized carbons (Fsp3) is 0.0714. The van der Waals surface area contributed by atoms with Crippen molar-refractivity contribution in [2.75, 3.05) is 5.32 Å². The van der Waals surface area contributed by atoms with E-state index in [0.29, 0.717) is 11.4 Å². The van der Waals surface area contributed by atoms with Crippen LogP contribution in [0.15, 0.2) is 42.9 Å². The molecule has 102 valence electrons. The number of carboxylic acid groups (broad SMARTS) is 1. The number of carbonyl (C=O) groups excluding carboxylic acids is 1. The lowest BCUT2D eigenvalue weighted by atomic mass is 10.2. The Hall–Kier alpha value is -2.89. The zero-order valence-electron chi connectivity index (χ0n) is 10.8. The van der Waals surface area contributed by atoms with E-state index in [9.17, 15) is 9.59 Å². The fourth-order valence-electron chi connectivity index (χ4n) is 1.57. The van der Waals surface area contributed by atoms with Gasteiger partial charge in [-0.05, 0) is 23.8 Å². The van der Waals surface area contributed by atoms with Crippen LogP contribution in [0.25, 0.3) is 6.08 Å². The second kappa shape index (κ2) is 5.83. The molecule has 0 bridgehead atoms. The Morgan fingerprint density at radius 3 is 2.55 bits per heavy atom. The minimum atomic E-state index is -1.00. The molecule has 0 aliphatic heterocycles. The first kappa shape index (κ1) is 13.5. The molecule has 0 radical (unpaired) electrons. The molecule has 0 aliphatic carbocycles. The Bertz CT molecular complexity index is 657. The van der Waals surface area contributed by atoms with Crippen molar-refractivity contribution in [3.05, 3.63) is 54.1 Å². The summed E-state index contributed by atoms with van der Waals surface area (Å²) in [5.41, 5.74) is 1.69. The summed E-state index contributed by atoms with van der Waals surface area (Å²) in [4.78, 5) is 26.2. The van der Waals surface area contributed by atoms with Gasteiger partial charge in [0.2, 0.25) is 0 Å². The zero-order valence-corrected chi connectivity index (χ0v) is 10.8. The van der Waals surface area contributed by atoms with E-state index in [-0.39, 0.29) is 5.91 Å². The largest absolute Gasteiger partial charge is 0.478 e. The van der Waals surface area contributed by atoms with Gasteiger partial charge in [-0.1, -0.05) is 12.1 Å². The van der Waals surface area contributed by atoms with E-state index in [4.69, 9.17) is 5.11 Å². The fourth-order valence-corrected chi connectivity index (χ4v) is 1.57. The van der Waals surface area contributed by atoms with Crippen LogP contribution in [-0.4, -0.2) is 26.5 Å². The molecular weight excluding hydrogens is 258 g/mol. The first-order valence-electron chi connectivity index (χ1n) is 5.85. The molecule has 1 aromatic carbocycles. The number of rotatable bonds is 4. The predicted octanol–water partition coefficient (Wildman–Crippen LogP) is 1.77. The van der Waals surface area contributed by atoms with Crippen LogP contribution in [0.3, 0.4) is 0 Å². The van der Waals surface area contributed by atoms with Crippen LogP contribution in [-0.2, 0) is 11.8 Å². The van der Waals surface area contributed by atoms with Gasteiger partial charge in [0, 0.05) is 25.0 Å². The van der Waals surface area contributed by atoms with Gasteiger partial charge in [-0.15, -0.1) is 0 Å². The van der Waals surface area contributed by atoms with Gasteiger partial charge in [-0.3, -0.25) is 4.79 Å². The molecule has 6 nitrogen and oxygen atoms in total. The van der Waals surface area contributed by atoms with Gasteiger partial charge in [0.05, 0.1) is 6.33 Å². The summed E-state index contributed by atoms with van der Waals surface area (Å²) in [6.07, 6.45) is 5.71. The van der Waals surface area contributed by atoms with Gasteiger partial charge in [-0.25, -0.2) is 9.78 Å². The number of anilines is 1. The molecule has 0 fully saturated rings. The molecule has 1 heterocycles. The van der Waals surface area contributed by atoms with Gasteiger partial charge < -0.3 is 15.0 Å². The average Bonchev–Trinajstić information content (AvgIpc) is 2.85. The Morgan fingerprint density at radius 2 is 2.00 bits per heavy atom. The number of hydrogen-bond donors (Lipinski definition) is 2. The number of aryl methyl sites for hydroxylation is 1. The molecule has 0 unspecified atom stereocenters. The Morgan fingerprint density at radius 1 is 1.30 bits per heavy atom. The summed E-state index contributed by atoms with van der Waals surface area (Å²) in [7, 11) is 1.79. The number of aromatic nitrogens is 2. The number of imidazole rings is 1. The van der Waals surface area contributed by atoms with Crippen molar-refractivity contribution < 1.29 is 14.7 Å². The number of amides is 1. The number of aliphatic carboxylic acids is 1. The van der Waals surface area contributed by atoms with Gasteiger partial charge in [0.1, 0.15) is 5.69 Å². The Balaban J connectivity index is 2.03. The van der Waals surface area contributed by atoms with Gasteiger partial charge >= 0.3 is 5.97 Å². The maximum atomic E-state index is 11.8. The molecule has 6 heteroatoms. The smallest absolute Gasteiger partial charge is 0.328 e. The van der Waals surface area contributed by atoms with Gasteiger partial charge in [0.15, 0.2) is 0 Å². The summed E-state index contributed by atoms with van der Waals surface area (Å²) in [6.45, 7) is 0. The van der Waals surface area contributed by atoms with Crippen LogP contribution in [0.2, 0.25) is 0 Å². The van der Waals surface area contributed by atoms with E-state index in [0.717, 1.165) is 11.6 Å². The third-order valence-corrected chi connectivity index (χ3v) is 2.52. The minimum absolute atomic E-state index is 0.292. The van der Waals surface area contributed by atoms with E-state index in [2.05, 4.69) is 10.3 Å². The molecule has 0 aliphatic rings. The number of nitrogens with zero attached hydrogens (tertiary/aromatic N) is 2. The van der Waals surface area contributed by atoms with Crippen LogP contribution in [0.5, 0.6) is 0 Å². The van der Waals surface area contributed by atoms with E-state index < -0.39 is 5.97 Å². The highest BCUT2D eigenvalue weighted by Gasteiger charge is 2.08.